The van der Waals surface area contributed by atoms with E-state index in [1.807, 2.05) is 42.5 Å². The number of hydrogen-bond donors (Lipinski definition) is 11. The third-order valence-corrected chi connectivity index (χ3v) is 8.71. The average Bonchev–Trinajstić information content (AvgIpc) is 3.74. The molecule has 0 spiro atoms. The van der Waals surface area contributed by atoms with Gasteiger partial charge in [-0.3, -0.25) is 28.8 Å². The zero-order valence-electron chi connectivity index (χ0n) is 29.7. The molecular formula is C36H45N9O9. The third-order valence-electron chi connectivity index (χ3n) is 8.71. The topological polar surface area (TPSA) is 304 Å². The van der Waals surface area contributed by atoms with Crippen LogP contribution in [0, 0.1) is 5.92 Å². The lowest BCUT2D eigenvalue weighted by Gasteiger charge is -2.27. The summed E-state index contributed by atoms with van der Waals surface area (Å²) in [4.78, 5) is 95.1. The molecule has 18 nitrogen and oxygen atoms in total. The Balaban J connectivity index is 1.47. The second-order valence-corrected chi connectivity index (χ2v) is 13.1. The number of carbonyl (C=O) groups excluding carboxylic acids is 6. The largest absolute Gasteiger partial charge is 0.480 e. The van der Waals surface area contributed by atoms with Gasteiger partial charge in [0.25, 0.3) is 0 Å². The summed E-state index contributed by atoms with van der Waals surface area (Å²) in [6.45, 7) is 1.79. The molecule has 13 N–H and O–H groups in total. The van der Waals surface area contributed by atoms with Crippen LogP contribution in [0.1, 0.15) is 31.4 Å². The van der Waals surface area contributed by atoms with Crippen molar-refractivity contribution in [2.75, 3.05) is 13.2 Å². The monoisotopic (exact) mass is 747 g/mol. The molecule has 0 saturated heterocycles. The Morgan fingerprint density at radius 3 is 1.76 bits per heavy atom. The number of aromatic nitrogens is 2. The van der Waals surface area contributed by atoms with Crippen molar-refractivity contribution in [3.8, 4) is 0 Å². The van der Waals surface area contributed by atoms with Crippen molar-refractivity contribution in [3.05, 3.63) is 72.1 Å². The molecule has 2 heterocycles. The van der Waals surface area contributed by atoms with E-state index in [4.69, 9.17) is 11.5 Å². The molecule has 0 fully saturated rings. The van der Waals surface area contributed by atoms with E-state index in [9.17, 15) is 43.8 Å². The lowest BCUT2D eigenvalue weighted by atomic mass is 9.99. The molecule has 54 heavy (non-hydrogen) atoms. The summed E-state index contributed by atoms with van der Waals surface area (Å²) in [5.74, 6) is -6.86. The lowest BCUT2D eigenvalue weighted by molar-refractivity contribution is -0.142. The van der Waals surface area contributed by atoms with Gasteiger partial charge in [0.15, 0.2) is 0 Å². The molecule has 0 aliphatic carbocycles. The van der Waals surface area contributed by atoms with Crippen molar-refractivity contribution in [2.45, 2.75) is 63.3 Å². The van der Waals surface area contributed by atoms with E-state index in [1.54, 1.807) is 32.3 Å². The molecule has 0 radical (unpaired) electrons. The van der Waals surface area contributed by atoms with Gasteiger partial charge in [-0.25, -0.2) is 4.79 Å². The van der Waals surface area contributed by atoms with E-state index in [1.165, 1.54) is 0 Å². The van der Waals surface area contributed by atoms with E-state index in [2.05, 4.69) is 36.6 Å². The first-order valence-electron chi connectivity index (χ1n) is 17.1. The number of aliphatic carboxylic acids is 1. The predicted octanol–water partition coefficient (Wildman–Crippen LogP) is -1.57. The number of primary amides is 1. The highest BCUT2D eigenvalue weighted by molar-refractivity contribution is 5.96. The predicted molar refractivity (Wildman–Crippen MR) is 196 cm³/mol. The van der Waals surface area contributed by atoms with Crippen LogP contribution in [-0.4, -0.2) is 105 Å². The van der Waals surface area contributed by atoms with Crippen LogP contribution in [0.5, 0.6) is 0 Å². The molecule has 18 heteroatoms. The number of amides is 6. The highest BCUT2D eigenvalue weighted by atomic mass is 16.4. The molecule has 0 bridgehead atoms. The van der Waals surface area contributed by atoms with E-state index in [-0.39, 0.29) is 12.8 Å². The van der Waals surface area contributed by atoms with Crippen molar-refractivity contribution in [1.29, 1.82) is 0 Å². The van der Waals surface area contributed by atoms with Gasteiger partial charge >= 0.3 is 5.97 Å². The Morgan fingerprint density at radius 2 is 1.24 bits per heavy atom. The molecule has 6 amide bonds. The van der Waals surface area contributed by atoms with Crippen LogP contribution in [-0.2, 0) is 46.4 Å². The maximum atomic E-state index is 13.9. The summed E-state index contributed by atoms with van der Waals surface area (Å²) < 4.78 is 0. The average molecular weight is 748 g/mol. The van der Waals surface area contributed by atoms with Crippen LogP contribution in [0.25, 0.3) is 21.8 Å². The summed E-state index contributed by atoms with van der Waals surface area (Å²) in [7, 11) is 0. The number of aliphatic hydroxyl groups excluding tert-OH is 1. The minimum atomic E-state index is -1.52. The van der Waals surface area contributed by atoms with Gasteiger partial charge in [-0.05, 0) is 29.2 Å². The summed E-state index contributed by atoms with van der Waals surface area (Å²) in [5.41, 5.74) is 13.5. The number of para-hydroxylation sites is 2. The van der Waals surface area contributed by atoms with Gasteiger partial charge in [0.05, 0.1) is 25.6 Å². The van der Waals surface area contributed by atoms with Crippen LogP contribution in [0.2, 0.25) is 0 Å². The number of carboxylic acid groups (broad SMARTS) is 1. The van der Waals surface area contributed by atoms with Crippen LogP contribution >= 0.6 is 0 Å². The fourth-order valence-corrected chi connectivity index (χ4v) is 5.82. The molecule has 0 saturated carbocycles. The van der Waals surface area contributed by atoms with Crippen molar-refractivity contribution >= 4 is 63.2 Å². The molecule has 4 aromatic rings. The maximum absolute atomic E-state index is 13.9. The number of aromatic amines is 2. The molecule has 0 aliphatic heterocycles. The quantitative estimate of drug-likeness (QED) is 0.0523. The van der Waals surface area contributed by atoms with Crippen molar-refractivity contribution in [3.63, 3.8) is 0 Å². The van der Waals surface area contributed by atoms with Crippen LogP contribution in [0.4, 0.5) is 0 Å². The summed E-state index contributed by atoms with van der Waals surface area (Å²) >= 11 is 0. The first-order valence-corrected chi connectivity index (χ1v) is 17.1. The number of nitrogens with one attached hydrogen (secondary N) is 7. The zero-order valence-corrected chi connectivity index (χ0v) is 29.7. The number of hydrogen-bond acceptors (Lipinski definition) is 9. The second-order valence-electron chi connectivity index (χ2n) is 13.1. The Kier molecular flexibility index (Phi) is 13.9. The van der Waals surface area contributed by atoms with E-state index in [0.29, 0.717) is 11.1 Å². The Labute approximate surface area is 309 Å². The number of carboxylic acids is 1. The first kappa shape index (κ1) is 40.5. The number of aliphatic hydroxyl groups is 1. The minimum absolute atomic E-state index is 0.0319. The highest BCUT2D eigenvalue weighted by Gasteiger charge is 2.32. The smallest absolute Gasteiger partial charge is 0.326 e. The molecule has 0 unspecified atom stereocenters. The number of carbonyl (C=O) groups is 7. The maximum Gasteiger partial charge on any atom is 0.326 e. The van der Waals surface area contributed by atoms with Gasteiger partial charge in [-0.2, -0.15) is 0 Å². The number of H-pyrrole nitrogens is 2. The molecule has 288 valence electrons. The number of rotatable bonds is 19. The zero-order chi connectivity index (χ0) is 39.5. The Hall–Kier alpha value is -6.27. The van der Waals surface area contributed by atoms with Gasteiger partial charge in [-0.1, -0.05) is 50.2 Å². The van der Waals surface area contributed by atoms with Gasteiger partial charge in [-0.15, -0.1) is 0 Å². The number of fused-ring (bicyclic) bond motifs is 2. The van der Waals surface area contributed by atoms with Gasteiger partial charge in [0.2, 0.25) is 35.4 Å². The summed E-state index contributed by atoms with van der Waals surface area (Å²) in [6.07, 6.45) is 2.77. The van der Waals surface area contributed by atoms with Crippen LogP contribution < -0.4 is 38.1 Å². The van der Waals surface area contributed by atoms with Crippen molar-refractivity contribution < 1.29 is 43.8 Å². The highest BCUT2D eigenvalue weighted by Crippen LogP contribution is 2.21. The van der Waals surface area contributed by atoms with Crippen LogP contribution in [0.15, 0.2) is 60.9 Å². The number of benzene rings is 2. The summed E-state index contributed by atoms with van der Waals surface area (Å²) in [5, 5.41) is 33.5. The van der Waals surface area contributed by atoms with Gasteiger partial charge < -0.3 is 58.2 Å². The number of nitrogens with two attached hydrogens (primary N) is 2. The fourth-order valence-electron chi connectivity index (χ4n) is 5.82. The Bertz CT molecular complexity index is 2010. The molecular weight excluding hydrogens is 702 g/mol. The van der Waals surface area contributed by atoms with Gasteiger partial charge in [0, 0.05) is 47.0 Å². The molecule has 2 aromatic carbocycles. The van der Waals surface area contributed by atoms with Gasteiger partial charge in [0.1, 0.15) is 24.2 Å². The molecule has 4 rings (SSSR count). The third kappa shape index (κ3) is 10.6. The first-order chi connectivity index (χ1) is 25.7. The fraction of sp³-hybridized carbons (Fsp3) is 0.361. The van der Waals surface area contributed by atoms with E-state index in [0.717, 1.165) is 21.8 Å². The minimum Gasteiger partial charge on any atom is -0.480 e. The lowest BCUT2D eigenvalue weighted by Crippen LogP contribution is -2.59. The molecule has 5 atom stereocenters. The SMILES string of the molecule is CC(C)[C@H](NC(=O)[C@H](Cc1c[nH]c2ccccc12)NC(=O)CNC(=O)[C@H](CO)NC(=O)[C@@H](N)CC(N)=O)C(=O)N[C@@H](Cc1c[nH]c2ccccc12)C(=O)O. The molecule has 2 aromatic heterocycles. The summed E-state index contributed by atoms with van der Waals surface area (Å²) in [6, 6.07) is 7.87. The van der Waals surface area contributed by atoms with Crippen molar-refractivity contribution in [2.24, 2.45) is 17.4 Å². The normalized spacial score (nSPS) is 14.0. The van der Waals surface area contributed by atoms with E-state index >= 15 is 0 Å². The standard InChI is InChI=1S/C36H45N9O9/c1-18(2)31(35(52)43-27(36(53)54)12-20-15-40-25-10-6-4-8-22(20)25)45-34(51)26(11-19-14-39-24-9-5-3-7-21(19)24)42-30(48)16-41-33(50)28(17-46)44-32(49)23(37)13-29(38)47/h3-10,14-15,18,23,26-28,31,39-40,46H,11-13,16-17,37H2,1-2H3,(H2,38,47)(H,41,50)(H,42,48)(H,43,52)(H,44,49)(H,45,51)(H,53,54)/t23-,26-,27-,28-,31-/m0/s1. The van der Waals surface area contributed by atoms with E-state index < -0.39 is 97.1 Å². The van der Waals surface area contributed by atoms with Crippen LogP contribution in [0.3, 0.4) is 0 Å². The van der Waals surface area contributed by atoms with Crippen molar-refractivity contribution in [1.82, 2.24) is 36.6 Å². The second kappa shape index (κ2) is 18.5. The Morgan fingerprint density at radius 1 is 0.704 bits per heavy atom. The molecule has 0 aliphatic rings.